The number of sulfonamides is 1. The largest absolute Gasteiger partial charge is 0.352 e. The highest BCUT2D eigenvalue weighted by Gasteiger charge is 2.34. The maximum absolute atomic E-state index is 14.1. The lowest BCUT2D eigenvalue weighted by Gasteiger charge is -2.33. The number of nitrogens with zero attached hydrogens (tertiary/aromatic N) is 2. The number of carbonyl (C=O) groups excluding carboxylic acids is 2. The summed E-state index contributed by atoms with van der Waals surface area (Å²) in [6.45, 7) is 8.26. The molecule has 0 bridgehead atoms. The number of hydrogen-bond acceptors (Lipinski definition) is 4. The first-order valence-electron chi connectivity index (χ1n) is 13.1. The number of benzene rings is 3. The second-order valence-electron chi connectivity index (χ2n) is 9.97. The fraction of sp³-hybridized carbons (Fsp3) is 0.333. The fourth-order valence-electron chi connectivity index (χ4n) is 4.10. The minimum atomic E-state index is -4.22. The summed E-state index contributed by atoms with van der Waals surface area (Å²) in [5.74, 6) is -1.01. The molecule has 1 N–H and O–H groups in total. The van der Waals surface area contributed by atoms with Gasteiger partial charge < -0.3 is 10.2 Å². The standard InChI is InChI=1S/C30H34Cl3N3O4S/c1-6-21(4)34-30(38)22(5)35(17-25-26(32)8-7-9-27(25)33)29(37)18-36(28-16-23(31)13-12-20(28)3)41(39,40)24-14-10-19(2)11-15-24/h7-16,21-22H,6,17-18H2,1-5H3,(H,34,38)/t21-,22-/m0/s1. The summed E-state index contributed by atoms with van der Waals surface area (Å²) in [6, 6.07) is 15.0. The fourth-order valence-corrected chi connectivity index (χ4v) is 6.26. The first kappa shape index (κ1) is 32.7. The Morgan fingerprint density at radius 2 is 1.54 bits per heavy atom. The van der Waals surface area contributed by atoms with E-state index in [1.165, 1.54) is 23.1 Å². The third-order valence-corrected chi connectivity index (χ3v) is 9.60. The summed E-state index contributed by atoms with van der Waals surface area (Å²) in [6.07, 6.45) is 0.694. The lowest BCUT2D eigenvalue weighted by atomic mass is 10.1. The van der Waals surface area contributed by atoms with Crippen molar-refractivity contribution in [1.82, 2.24) is 10.2 Å². The number of amides is 2. The van der Waals surface area contributed by atoms with Crippen molar-refractivity contribution in [3.8, 4) is 0 Å². The molecule has 11 heteroatoms. The molecule has 0 aliphatic rings. The zero-order valence-electron chi connectivity index (χ0n) is 23.6. The molecule has 0 saturated carbocycles. The maximum Gasteiger partial charge on any atom is 0.264 e. The van der Waals surface area contributed by atoms with Gasteiger partial charge in [-0.15, -0.1) is 0 Å². The Hall–Kier alpha value is -2.78. The average molecular weight is 639 g/mol. The second-order valence-corrected chi connectivity index (χ2v) is 13.1. The summed E-state index contributed by atoms with van der Waals surface area (Å²) in [5, 5.41) is 3.84. The highest BCUT2D eigenvalue weighted by atomic mass is 35.5. The number of rotatable bonds is 11. The van der Waals surface area contributed by atoms with E-state index < -0.39 is 28.5 Å². The van der Waals surface area contributed by atoms with E-state index in [1.54, 1.807) is 56.3 Å². The van der Waals surface area contributed by atoms with Crippen LogP contribution in [-0.2, 0) is 26.2 Å². The van der Waals surface area contributed by atoms with Gasteiger partial charge in [0.05, 0.1) is 10.6 Å². The number of aryl methyl sites for hydroxylation is 2. The Bertz CT molecular complexity index is 1490. The van der Waals surface area contributed by atoms with Crippen LogP contribution in [0.5, 0.6) is 0 Å². The van der Waals surface area contributed by atoms with Gasteiger partial charge in [0.2, 0.25) is 11.8 Å². The Balaban J connectivity index is 2.11. The lowest BCUT2D eigenvalue weighted by molar-refractivity contribution is -0.139. The van der Waals surface area contributed by atoms with Gasteiger partial charge in [-0.1, -0.05) is 71.6 Å². The molecule has 3 rings (SSSR count). The van der Waals surface area contributed by atoms with Crippen LogP contribution in [0.1, 0.15) is 43.9 Å². The summed E-state index contributed by atoms with van der Waals surface area (Å²) >= 11 is 19.1. The SMILES string of the molecule is CC[C@H](C)NC(=O)[C@H](C)N(Cc1c(Cl)cccc1Cl)C(=O)CN(c1cc(Cl)ccc1C)S(=O)(=O)c1ccc(C)cc1. The van der Waals surface area contributed by atoms with E-state index in [-0.39, 0.29) is 29.1 Å². The normalized spacial score (nSPS) is 12.9. The van der Waals surface area contributed by atoms with Crippen LogP contribution in [0.15, 0.2) is 65.6 Å². The summed E-state index contributed by atoms with van der Waals surface area (Å²) in [5.41, 5.74) is 2.17. The molecule has 220 valence electrons. The number of anilines is 1. The van der Waals surface area contributed by atoms with Gasteiger partial charge in [0, 0.05) is 33.2 Å². The molecule has 0 aliphatic carbocycles. The number of halogens is 3. The lowest BCUT2D eigenvalue weighted by Crippen LogP contribution is -2.52. The topological polar surface area (TPSA) is 86.8 Å². The highest BCUT2D eigenvalue weighted by molar-refractivity contribution is 7.92. The van der Waals surface area contributed by atoms with E-state index in [4.69, 9.17) is 34.8 Å². The quantitative estimate of drug-likeness (QED) is 0.251. The van der Waals surface area contributed by atoms with Crippen LogP contribution in [0, 0.1) is 13.8 Å². The van der Waals surface area contributed by atoms with Crippen molar-refractivity contribution in [3.63, 3.8) is 0 Å². The zero-order chi connectivity index (χ0) is 30.5. The van der Waals surface area contributed by atoms with Gasteiger partial charge in [0.25, 0.3) is 10.0 Å². The number of nitrogens with one attached hydrogen (secondary N) is 1. The van der Waals surface area contributed by atoms with Crippen LogP contribution < -0.4 is 9.62 Å². The monoisotopic (exact) mass is 637 g/mol. The predicted octanol–water partition coefficient (Wildman–Crippen LogP) is 6.79. The molecule has 2 atom stereocenters. The van der Waals surface area contributed by atoms with Crippen LogP contribution in [-0.4, -0.2) is 43.8 Å². The van der Waals surface area contributed by atoms with Crippen LogP contribution in [0.4, 0.5) is 5.69 Å². The van der Waals surface area contributed by atoms with Crippen LogP contribution in [0.2, 0.25) is 15.1 Å². The molecule has 0 aliphatic heterocycles. The van der Waals surface area contributed by atoms with E-state index in [2.05, 4.69) is 5.32 Å². The molecular formula is C30H34Cl3N3O4S. The molecule has 0 aromatic heterocycles. The summed E-state index contributed by atoms with van der Waals surface area (Å²) in [4.78, 5) is 28.6. The van der Waals surface area contributed by atoms with Gasteiger partial charge in [-0.2, -0.15) is 0 Å². The van der Waals surface area contributed by atoms with Gasteiger partial charge in [-0.05, 0) is 76.1 Å². The smallest absolute Gasteiger partial charge is 0.264 e. The number of carbonyl (C=O) groups is 2. The van der Waals surface area contributed by atoms with Gasteiger partial charge in [-0.25, -0.2) is 8.42 Å². The van der Waals surface area contributed by atoms with Crippen molar-refractivity contribution in [1.29, 1.82) is 0 Å². The summed E-state index contributed by atoms with van der Waals surface area (Å²) in [7, 11) is -4.22. The third-order valence-electron chi connectivity index (χ3n) is 6.89. The van der Waals surface area contributed by atoms with E-state index >= 15 is 0 Å². The second kappa shape index (κ2) is 13.9. The molecule has 0 radical (unpaired) electrons. The van der Waals surface area contributed by atoms with Gasteiger partial charge in [0.1, 0.15) is 12.6 Å². The molecule has 3 aromatic rings. The van der Waals surface area contributed by atoms with E-state index in [0.29, 0.717) is 32.6 Å². The van der Waals surface area contributed by atoms with Crippen LogP contribution in [0.25, 0.3) is 0 Å². The van der Waals surface area contributed by atoms with Crippen molar-refractivity contribution >= 4 is 62.3 Å². The summed E-state index contributed by atoms with van der Waals surface area (Å²) < 4.78 is 29.1. The van der Waals surface area contributed by atoms with Crippen molar-refractivity contribution in [2.24, 2.45) is 0 Å². The van der Waals surface area contributed by atoms with Crippen molar-refractivity contribution in [2.45, 2.75) is 64.6 Å². The number of hydrogen-bond donors (Lipinski definition) is 1. The van der Waals surface area contributed by atoms with E-state index in [9.17, 15) is 18.0 Å². The van der Waals surface area contributed by atoms with Crippen LogP contribution in [0.3, 0.4) is 0 Å². The minimum Gasteiger partial charge on any atom is -0.352 e. The van der Waals surface area contributed by atoms with Crippen molar-refractivity contribution < 1.29 is 18.0 Å². The van der Waals surface area contributed by atoms with E-state index in [1.807, 2.05) is 20.8 Å². The Kier molecular flexibility index (Phi) is 11.1. The molecule has 41 heavy (non-hydrogen) atoms. The van der Waals surface area contributed by atoms with E-state index in [0.717, 1.165) is 9.87 Å². The minimum absolute atomic E-state index is 0.0125. The molecule has 3 aromatic carbocycles. The maximum atomic E-state index is 14.1. The molecule has 0 saturated heterocycles. The molecule has 0 fully saturated rings. The Morgan fingerprint density at radius 1 is 0.927 bits per heavy atom. The first-order chi connectivity index (χ1) is 19.3. The average Bonchev–Trinajstić information content (AvgIpc) is 2.92. The van der Waals surface area contributed by atoms with Crippen molar-refractivity contribution in [3.05, 3.63) is 92.4 Å². The van der Waals surface area contributed by atoms with Crippen molar-refractivity contribution in [2.75, 3.05) is 10.8 Å². The molecule has 2 amide bonds. The Labute approximate surface area is 257 Å². The molecule has 0 heterocycles. The first-order valence-corrected chi connectivity index (χ1v) is 15.7. The predicted molar refractivity (Wildman–Crippen MR) is 166 cm³/mol. The van der Waals surface area contributed by atoms with Gasteiger partial charge in [-0.3, -0.25) is 13.9 Å². The van der Waals surface area contributed by atoms with Gasteiger partial charge >= 0.3 is 0 Å². The molecular weight excluding hydrogens is 605 g/mol. The highest BCUT2D eigenvalue weighted by Crippen LogP contribution is 2.31. The Morgan fingerprint density at radius 3 is 2.12 bits per heavy atom. The third kappa shape index (κ3) is 7.95. The molecule has 0 unspecified atom stereocenters. The molecule has 7 nitrogen and oxygen atoms in total. The van der Waals surface area contributed by atoms with Gasteiger partial charge in [0.15, 0.2) is 0 Å². The zero-order valence-corrected chi connectivity index (χ0v) is 26.7. The molecule has 0 spiro atoms. The van der Waals surface area contributed by atoms with Crippen LogP contribution >= 0.6 is 34.8 Å².